The maximum absolute atomic E-state index is 12.5. The molecule has 0 bridgehead atoms. The van der Waals surface area contributed by atoms with Gasteiger partial charge in [-0.3, -0.25) is 4.79 Å². The molecule has 20 heavy (non-hydrogen) atoms. The number of likely N-dealkylation sites (tertiary alicyclic amines) is 1. The maximum atomic E-state index is 12.5. The monoisotopic (exact) mass is 279 g/mol. The molecule has 1 fully saturated rings. The van der Waals surface area contributed by atoms with Crippen LogP contribution >= 0.6 is 0 Å². The third-order valence-corrected chi connectivity index (χ3v) is 4.31. The lowest BCUT2D eigenvalue weighted by atomic mass is 9.92. The molecule has 1 aliphatic rings. The zero-order valence-electron chi connectivity index (χ0n) is 12.6. The van der Waals surface area contributed by atoms with E-state index in [1.54, 1.807) is 6.07 Å². The summed E-state index contributed by atoms with van der Waals surface area (Å²) >= 11 is 0. The summed E-state index contributed by atoms with van der Waals surface area (Å²) in [6, 6.07) is 2.03. The number of rotatable bonds is 4. The molecule has 1 aromatic heterocycles. The highest BCUT2D eigenvalue weighted by atomic mass is 16.3. The van der Waals surface area contributed by atoms with E-state index in [1.165, 1.54) is 6.26 Å². The molecule has 5 nitrogen and oxygen atoms in total. The first-order valence-corrected chi connectivity index (χ1v) is 7.33. The third kappa shape index (κ3) is 3.04. The highest BCUT2D eigenvalue weighted by Crippen LogP contribution is 2.23. The standard InChI is InChI=1S/C15H25N3O2/c1-4-18-6-5-14(11(2)9-18)17(3)15(19)12-7-13(8-16)20-10-12/h7,10-11,14H,4-6,8-9,16H2,1-3H3. The largest absolute Gasteiger partial charge is 0.467 e. The molecule has 2 unspecified atom stereocenters. The van der Waals surface area contributed by atoms with Gasteiger partial charge < -0.3 is 20.0 Å². The zero-order valence-corrected chi connectivity index (χ0v) is 12.6. The van der Waals surface area contributed by atoms with Gasteiger partial charge in [0.2, 0.25) is 0 Å². The fourth-order valence-electron chi connectivity index (χ4n) is 3.04. The molecule has 1 aliphatic heterocycles. The van der Waals surface area contributed by atoms with Crippen LogP contribution in [0.25, 0.3) is 0 Å². The van der Waals surface area contributed by atoms with Gasteiger partial charge in [0.15, 0.2) is 0 Å². The highest BCUT2D eigenvalue weighted by Gasteiger charge is 2.31. The lowest BCUT2D eigenvalue weighted by molar-refractivity contribution is 0.0520. The Morgan fingerprint density at radius 2 is 2.35 bits per heavy atom. The molecular weight excluding hydrogens is 254 g/mol. The number of furan rings is 1. The van der Waals surface area contributed by atoms with E-state index < -0.39 is 0 Å². The first-order valence-electron chi connectivity index (χ1n) is 7.33. The zero-order chi connectivity index (χ0) is 14.7. The summed E-state index contributed by atoms with van der Waals surface area (Å²) in [5.41, 5.74) is 6.11. The van der Waals surface area contributed by atoms with Crippen LogP contribution in [0.1, 0.15) is 36.4 Å². The van der Waals surface area contributed by atoms with E-state index in [0.29, 0.717) is 29.8 Å². The van der Waals surface area contributed by atoms with Gasteiger partial charge in [0.1, 0.15) is 12.0 Å². The van der Waals surface area contributed by atoms with Crippen molar-refractivity contribution >= 4 is 5.91 Å². The summed E-state index contributed by atoms with van der Waals surface area (Å²) in [6.45, 7) is 7.91. The Kier molecular flexibility index (Phi) is 4.83. The average molecular weight is 279 g/mol. The predicted octanol–water partition coefficient (Wildman–Crippen LogP) is 1.54. The predicted molar refractivity (Wildman–Crippen MR) is 78.4 cm³/mol. The van der Waals surface area contributed by atoms with Gasteiger partial charge in [0, 0.05) is 26.2 Å². The van der Waals surface area contributed by atoms with Crippen molar-refractivity contribution in [2.45, 2.75) is 32.9 Å². The average Bonchev–Trinajstić information content (AvgIpc) is 2.94. The van der Waals surface area contributed by atoms with Crippen molar-refractivity contribution in [1.82, 2.24) is 9.80 Å². The van der Waals surface area contributed by atoms with Gasteiger partial charge in [0.05, 0.1) is 12.1 Å². The summed E-state index contributed by atoms with van der Waals surface area (Å²) < 4.78 is 5.25. The SMILES string of the molecule is CCN1CCC(N(C)C(=O)c2coc(CN)c2)C(C)C1. The van der Waals surface area contributed by atoms with Crippen molar-refractivity contribution in [2.24, 2.45) is 11.7 Å². The quantitative estimate of drug-likeness (QED) is 0.908. The number of nitrogens with zero attached hydrogens (tertiary/aromatic N) is 2. The van der Waals surface area contributed by atoms with Crippen LogP contribution in [0.2, 0.25) is 0 Å². The van der Waals surface area contributed by atoms with Crippen molar-refractivity contribution in [3.63, 3.8) is 0 Å². The summed E-state index contributed by atoms with van der Waals surface area (Å²) in [4.78, 5) is 16.8. The smallest absolute Gasteiger partial charge is 0.257 e. The Bertz CT molecular complexity index is 458. The molecule has 2 heterocycles. The molecule has 0 saturated carbocycles. The van der Waals surface area contributed by atoms with Crippen molar-refractivity contribution < 1.29 is 9.21 Å². The van der Waals surface area contributed by atoms with E-state index in [1.807, 2.05) is 11.9 Å². The van der Waals surface area contributed by atoms with Gasteiger partial charge in [-0.05, 0) is 24.9 Å². The number of piperidine rings is 1. The van der Waals surface area contributed by atoms with Crippen LogP contribution < -0.4 is 5.73 Å². The molecule has 0 spiro atoms. The Labute approximate surface area is 120 Å². The van der Waals surface area contributed by atoms with Gasteiger partial charge >= 0.3 is 0 Å². The Morgan fingerprint density at radius 1 is 1.60 bits per heavy atom. The number of carbonyl (C=O) groups excluding carboxylic acids is 1. The number of hydrogen-bond acceptors (Lipinski definition) is 4. The number of hydrogen-bond donors (Lipinski definition) is 1. The number of nitrogens with two attached hydrogens (primary N) is 1. The van der Waals surface area contributed by atoms with Gasteiger partial charge in [-0.15, -0.1) is 0 Å². The van der Waals surface area contributed by atoms with E-state index in [0.717, 1.165) is 26.1 Å². The number of amides is 1. The van der Waals surface area contributed by atoms with Crippen LogP contribution in [-0.4, -0.2) is 48.4 Å². The molecule has 112 valence electrons. The summed E-state index contributed by atoms with van der Waals surface area (Å²) in [5.74, 6) is 1.16. The lowest BCUT2D eigenvalue weighted by Gasteiger charge is -2.40. The normalized spacial score (nSPS) is 23.8. The second-order valence-corrected chi connectivity index (χ2v) is 5.65. The molecule has 0 aliphatic carbocycles. The second-order valence-electron chi connectivity index (χ2n) is 5.65. The highest BCUT2D eigenvalue weighted by molar-refractivity contribution is 5.94. The summed E-state index contributed by atoms with van der Waals surface area (Å²) in [6.07, 6.45) is 2.53. The molecule has 1 saturated heterocycles. The molecule has 1 aromatic rings. The molecule has 1 amide bonds. The maximum Gasteiger partial charge on any atom is 0.257 e. The van der Waals surface area contributed by atoms with Gasteiger partial charge in [-0.1, -0.05) is 13.8 Å². The summed E-state index contributed by atoms with van der Waals surface area (Å²) in [5, 5.41) is 0. The van der Waals surface area contributed by atoms with Crippen LogP contribution in [0.3, 0.4) is 0 Å². The minimum Gasteiger partial charge on any atom is -0.467 e. The third-order valence-electron chi connectivity index (χ3n) is 4.31. The van der Waals surface area contributed by atoms with E-state index in [-0.39, 0.29) is 5.91 Å². The van der Waals surface area contributed by atoms with E-state index >= 15 is 0 Å². The van der Waals surface area contributed by atoms with Crippen molar-refractivity contribution in [2.75, 3.05) is 26.7 Å². The Balaban J connectivity index is 2.03. The fraction of sp³-hybridized carbons (Fsp3) is 0.667. The van der Waals surface area contributed by atoms with Crippen molar-refractivity contribution in [3.8, 4) is 0 Å². The molecular formula is C15H25N3O2. The fourth-order valence-corrected chi connectivity index (χ4v) is 3.04. The molecule has 2 rings (SSSR count). The molecule has 2 atom stereocenters. The Hall–Kier alpha value is -1.33. The molecule has 0 aromatic carbocycles. The van der Waals surface area contributed by atoms with Crippen LogP contribution in [0, 0.1) is 5.92 Å². The van der Waals surface area contributed by atoms with Crippen LogP contribution in [0.15, 0.2) is 16.7 Å². The van der Waals surface area contributed by atoms with E-state index in [9.17, 15) is 4.79 Å². The molecule has 2 N–H and O–H groups in total. The van der Waals surface area contributed by atoms with Crippen LogP contribution in [-0.2, 0) is 6.54 Å². The van der Waals surface area contributed by atoms with Gasteiger partial charge in [0.25, 0.3) is 5.91 Å². The van der Waals surface area contributed by atoms with Crippen molar-refractivity contribution in [3.05, 3.63) is 23.7 Å². The first kappa shape index (κ1) is 15.1. The minimum absolute atomic E-state index is 0.0234. The Morgan fingerprint density at radius 3 is 2.90 bits per heavy atom. The number of carbonyl (C=O) groups is 1. The topological polar surface area (TPSA) is 62.7 Å². The minimum atomic E-state index is 0.0234. The van der Waals surface area contributed by atoms with Crippen molar-refractivity contribution in [1.29, 1.82) is 0 Å². The van der Waals surface area contributed by atoms with Gasteiger partial charge in [-0.25, -0.2) is 0 Å². The summed E-state index contributed by atoms with van der Waals surface area (Å²) in [7, 11) is 1.89. The lowest BCUT2D eigenvalue weighted by Crippen LogP contribution is -2.50. The van der Waals surface area contributed by atoms with E-state index in [2.05, 4.69) is 18.7 Å². The second kappa shape index (κ2) is 6.41. The molecule has 5 heteroatoms. The van der Waals surface area contributed by atoms with Crippen LogP contribution in [0.4, 0.5) is 0 Å². The van der Waals surface area contributed by atoms with E-state index in [4.69, 9.17) is 10.2 Å². The molecule has 0 radical (unpaired) electrons. The van der Waals surface area contributed by atoms with Gasteiger partial charge in [-0.2, -0.15) is 0 Å². The first-order chi connectivity index (χ1) is 9.56. The van der Waals surface area contributed by atoms with Crippen LogP contribution in [0.5, 0.6) is 0 Å².